The number of hydrogen-bond acceptors (Lipinski definition) is 4. The van der Waals surface area contributed by atoms with E-state index in [2.05, 4.69) is 22.8 Å². The lowest BCUT2D eigenvalue weighted by atomic mass is 10.0. The van der Waals surface area contributed by atoms with E-state index in [0.717, 1.165) is 51.0 Å². The van der Waals surface area contributed by atoms with Gasteiger partial charge in [-0.05, 0) is 63.2 Å². The van der Waals surface area contributed by atoms with Crippen molar-refractivity contribution in [3.8, 4) is 0 Å². The van der Waals surface area contributed by atoms with Crippen molar-refractivity contribution in [2.45, 2.75) is 38.5 Å². The molecular formula is C17H27N3O. The summed E-state index contributed by atoms with van der Waals surface area (Å²) in [5.74, 6) is 1.93. The van der Waals surface area contributed by atoms with Crippen LogP contribution in [0.5, 0.6) is 0 Å². The first-order chi connectivity index (χ1) is 10.4. The molecule has 116 valence electrons. The van der Waals surface area contributed by atoms with E-state index < -0.39 is 0 Å². The number of nitrogens with one attached hydrogen (secondary N) is 2. The fraction of sp³-hybridized carbons (Fsp3) is 0.706. The Morgan fingerprint density at radius 3 is 3.05 bits per heavy atom. The van der Waals surface area contributed by atoms with Crippen molar-refractivity contribution in [2.24, 2.45) is 5.92 Å². The van der Waals surface area contributed by atoms with Crippen LogP contribution in [-0.2, 0) is 17.6 Å². The molecule has 0 bridgehead atoms. The summed E-state index contributed by atoms with van der Waals surface area (Å²) >= 11 is 0. The summed E-state index contributed by atoms with van der Waals surface area (Å²) in [5.41, 5.74) is 2.61. The molecule has 2 aliphatic heterocycles. The fourth-order valence-electron chi connectivity index (χ4n) is 2.95. The standard InChI is InChI=1S/C17H27N3O/c1(2-9-18-11-8-14-12-21-13-14)5-16-7-6-15-4-3-10-19-17(15)20-16/h6-7,14,18H,1-5,8-13H2,(H,19,20). The first kappa shape index (κ1) is 14.8. The average Bonchev–Trinajstić information content (AvgIpc) is 2.48. The number of hydrogen-bond donors (Lipinski definition) is 2. The smallest absolute Gasteiger partial charge is 0.129 e. The summed E-state index contributed by atoms with van der Waals surface area (Å²) in [4.78, 5) is 4.74. The Hall–Kier alpha value is -1.13. The van der Waals surface area contributed by atoms with Gasteiger partial charge in [-0.2, -0.15) is 0 Å². The van der Waals surface area contributed by atoms with E-state index in [0.29, 0.717) is 0 Å². The zero-order valence-corrected chi connectivity index (χ0v) is 12.9. The van der Waals surface area contributed by atoms with Crippen molar-refractivity contribution in [3.63, 3.8) is 0 Å². The topological polar surface area (TPSA) is 46.2 Å². The second-order valence-corrected chi connectivity index (χ2v) is 6.24. The first-order valence-corrected chi connectivity index (χ1v) is 8.43. The number of ether oxygens (including phenoxy) is 1. The minimum atomic E-state index is 0.810. The predicted molar refractivity (Wildman–Crippen MR) is 85.8 cm³/mol. The Balaban J connectivity index is 1.28. The van der Waals surface area contributed by atoms with Crippen LogP contribution in [0.4, 0.5) is 5.82 Å². The second-order valence-electron chi connectivity index (χ2n) is 6.24. The summed E-state index contributed by atoms with van der Waals surface area (Å²) in [6.07, 6.45) is 7.20. The number of rotatable bonds is 8. The Morgan fingerprint density at radius 1 is 1.24 bits per heavy atom. The van der Waals surface area contributed by atoms with Crippen LogP contribution in [0.25, 0.3) is 0 Å². The lowest BCUT2D eigenvalue weighted by Gasteiger charge is -2.25. The maximum absolute atomic E-state index is 5.18. The predicted octanol–water partition coefficient (Wildman–Crippen LogP) is 2.39. The van der Waals surface area contributed by atoms with Crippen molar-refractivity contribution >= 4 is 5.82 Å². The number of fused-ring (bicyclic) bond motifs is 1. The molecule has 1 aromatic heterocycles. The van der Waals surface area contributed by atoms with Gasteiger partial charge in [-0.15, -0.1) is 0 Å². The molecule has 0 aromatic carbocycles. The molecule has 0 aliphatic carbocycles. The highest BCUT2D eigenvalue weighted by molar-refractivity contribution is 5.46. The van der Waals surface area contributed by atoms with Crippen molar-refractivity contribution in [1.82, 2.24) is 10.3 Å². The highest BCUT2D eigenvalue weighted by Gasteiger charge is 2.16. The molecule has 0 unspecified atom stereocenters. The normalized spacial score (nSPS) is 17.9. The lowest BCUT2D eigenvalue weighted by Crippen LogP contribution is -2.31. The van der Waals surface area contributed by atoms with E-state index in [9.17, 15) is 0 Å². The molecule has 21 heavy (non-hydrogen) atoms. The summed E-state index contributed by atoms with van der Waals surface area (Å²) in [7, 11) is 0. The quantitative estimate of drug-likeness (QED) is 0.721. The van der Waals surface area contributed by atoms with E-state index in [1.165, 1.54) is 43.4 Å². The Morgan fingerprint density at radius 2 is 2.19 bits per heavy atom. The Kier molecular flexibility index (Phi) is 5.46. The van der Waals surface area contributed by atoms with Gasteiger partial charge in [0.15, 0.2) is 0 Å². The van der Waals surface area contributed by atoms with E-state index in [-0.39, 0.29) is 0 Å². The van der Waals surface area contributed by atoms with Crippen LogP contribution in [0, 0.1) is 5.92 Å². The van der Waals surface area contributed by atoms with Gasteiger partial charge in [0, 0.05) is 18.2 Å². The molecule has 3 heterocycles. The molecule has 1 aromatic rings. The van der Waals surface area contributed by atoms with Crippen molar-refractivity contribution < 1.29 is 4.74 Å². The molecule has 0 amide bonds. The van der Waals surface area contributed by atoms with Crippen LogP contribution in [-0.4, -0.2) is 37.8 Å². The summed E-state index contributed by atoms with van der Waals surface area (Å²) < 4.78 is 5.18. The molecule has 1 fully saturated rings. The minimum absolute atomic E-state index is 0.810. The van der Waals surface area contributed by atoms with E-state index >= 15 is 0 Å². The highest BCUT2D eigenvalue weighted by atomic mass is 16.5. The van der Waals surface area contributed by atoms with Crippen LogP contribution < -0.4 is 10.6 Å². The number of pyridine rings is 1. The molecule has 2 aliphatic rings. The molecule has 4 nitrogen and oxygen atoms in total. The van der Waals surface area contributed by atoms with Crippen LogP contribution in [0.3, 0.4) is 0 Å². The number of aryl methyl sites for hydroxylation is 2. The minimum Gasteiger partial charge on any atom is -0.381 e. The van der Waals surface area contributed by atoms with Gasteiger partial charge in [-0.3, -0.25) is 0 Å². The number of anilines is 1. The van der Waals surface area contributed by atoms with Gasteiger partial charge in [0.2, 0.25) is 0 Å². The summed E-state index contributed by atoms with van der Waals surface area (Å²) in [5, 5.41) is 6.94. The van der Waals surface area contributed by atoms with Crippen molar-refractivity contribution in [2.75, 3.05) is 38.2 Å². The van der Waals surface area contributed by atoms with Crippen molar-refractivity contribution in [3.05, 3.63) is 23.4 Å². The molecule has 0 spiro atoms. The molecule has 0 atom stereocenters. The second kappa shape index (κ2) is 7.76. The van der Waals surface area contributed by atoms with Gasteiger partial charge in [0.25, 0.3) is 0 Å². The highest BCUT2D eigenvalue weighted by Crippen LogP contribution is 2.20. The first-order valence-electron chi connectivity index (χ1n) is 8.43. The van der Waals surface area contributed by atoms with Gasteiger partial charge in [0.05, 0.1) is 13.2 Å². The molecule has 2 N–H and O–H groups in total. The molecule has 1 saturated heterocycles. The molecule has 3 rings (SSSR count). The van der Waals surface area contributed by atoms with E-state index in [1.807, 2.05) is 0 Å². The summed E-state index contributed by atoms with van der Waals surface area (Å²) in [6.45, 7) is 5.27. The van der Waals surface area contributed by atoms with E-state index in [4.69, 9.17) is 9.72 Å². The maximum Gasteiger partial charge on any atom is 0.129 e. The number of nitrogens with zero attached hydrogens (tertiary/aromatic N) is 1. The maximum atomic E-state index is 5.18. The lowest BCUT2D eigenvalue weighted by molar-refractivity contribution is -0.0350. The van der Waals surface area contributed by atoms with Gasteiger partial charge >= 0.3 is 0 Å². The fourth-order valence-corrected chi connectivity index (χ4v) is 2.95. The number of aromatic nitrogens is 1. The SMILES string of the molecule is c1cc2c(nc1CCCCNCCC1COC1)NCCC2. The van der Waals surface area contributed by atoms with Gasteiger partial charge in [-0.25, -0.2) is 4.98 Å². The number of unbranched alkanes of at least 4 members (excludes halogenated alkanes) is 1. The largest absolute Gasteiger partial charge is 0.381 e. The third-order valence-electron chi connectivity index (χ3n) is 4.42. The van der Waals surface area contributed by atoms with Gasteiger partial charge in [-0.1, -0.05) is 6.07 Å². The third kappa shape index (κ3) is 4.42. The van der Waals surface area contributed by atoms with Crippen LogP contribution >= 0.6 is 0 Å². The Bertz CT molecular complexity index is 446. The zero-order chi connectivity index (χ0) is 14.3. The average molecular weight is 289 g/mol. The van der Waals surface area contributed by atoms with Gasteiger partial charge in [0.1, 0.15) is 5.82 Å². The molecule has 4 heteroatoms. The van der Waals surface area contributed by atoms with Crippen molar-refractivity contribution in [1.29, 1.82) is 0 Å². The van der Waals surface area contributed by atoms with Gasteiger partial charge < -0.3 is 15.4 Å². The zero-order valence-electron chi connectivity index (χ0n) is 12.9. The monoisotopic (exact) mass is 289 g/mol. The van der Waals surface area contributed by atoms with Crippen LogP contribution in [0.1, 0.15) is 36.9 Å². The molecule has 0 saturated carbocycles. The van der Waals surface area contributed by atoms with Crippen LogP contribution in [0.2, 0.25) is 0 Å². The summed E-state index contributed by atoms with van der Waals surface area (Å²) in [6, 6.07) is 4.46. The third-order valence-corrected chi connectivity index (χ3v) is 4.42. The Labute approximate surface area is 127 Å². The van der Waals surface area contributed by atoms with Crippen LogP contribution in [0.15, 0.2) is 12.1 Å². The van der Waals surface area contributed by atoms with E-state index in [1.54, 1.807) is 0 Å². The molecular weight excluding hydrogens is 262 g/mol. The molecule has 0 radical (unpaired) electrons.